The molecule has 1 unspecified atom stereocenters. The molecule has 1 rings (SSSR count). The maximum absolute atomic E-state index is 11.1. The third-order valence-corrected chi connectivity index (χ3v) is 2.94. The largest absolute Gasteiger partial charge is 0.464 e. The van der Waals surface area contributed by atoms with E-state index in [1.165, 1.54) is 6.42 Å². The van der Waals surface area contributed by atoms with Gasteiger partial charge < -0.3 is 14.2 Å². The predicted molar refractivity (Wildman–Crippen MR) is 68.5 cm³/mol. The number of hydrogen-bond donors (Lipinski definition) is 0. The molecule has 0 aliphatic carbocycles. The fraction of sp³-hybridized carbons (Fsp3) is 0.923. The van der Waals surface area contributed by atoms with E-state index >= 15 is 0 Å². The van der Waals surface area contributed by atoms with Gasteiger partial charge >= 0.3 is 5.97 Å². The monoisotopic (exact) mass is 259 g/mol. The second-order valence-electron chi connectivity index (χ2n) is 4.38. The molecule has 1 fully saturated rings. The van der Waals surface area contributed by atoms with Gasteiger partial charge in [-0.05, 0) is 33.2 Å². The molecular formula is C13H25NO4. The van der Waals surface area contributed by atoms with Gasteiger partial charge in [0.2, 0.25) is 0 Å². The van der Waals surface area contributed by atoms with Gasteiger partial charge in [0.15, 0.2) is 0 Å². The minimum atomic E-state index is -0.289. The Kier molecular flexibility index (Phi) is 7.96. The average Bonchev–Trinajstić information content (AvgIpc) is 2.36. The van der Waals surface area contributed by atoms with E-state index in [0.29, 0.717) is 19.3 Å². The van der Waals surface area contributed by atoms with Crippen LogP contribution >= 0.6 is 0 Å². The maximum atomic E-state index is 11.1. The van der Waals surface area contributed by atoms with Crippen molar-refractivity contribution >= 4 is 5.97 Å². The Morgan fingerprint density at radius 2 is 2.17 bits per heavy atom. The van der Waals surface area contributed by atoms with Gasteiger partial charge in [-0.3, -0.25) is 4.90 Å². The lowest BCUT2D eigenvalue weighted by atomic mass is 10.1. The molecule has 0 radical (unpaired) electrons. The summed E-state index contributed by atoms with van der Waals surface area (Å²) in [6, 6.07) is 0. The van der Waals surface area contributed by atoms with Crippen LogP contribution in [0.2, 0.25) is 0 Å². The summed E-state index contributed by atoms with van der Waals surface area (Å²) < 4.78 is 15.7. The van der Waals surface area contributed by atoms with Gasteiger partial charge in [-0.2, -0.15) is 0 Å². The summed E-state index contributed by atoms with van der Waals surface area (Å²) in [5.74, 6) is -0.289. The first kappa shape index (κ1) is 15.4. The Morgan fingerprint density at radius 1 is 1.33 bits per heavy atom. The van der Waals surface area contributed by atoms with E-state index in [4.69, 9.17) is 14.2 Å². The van der Waals surface area contributed by atoms with Crippen molar-refractivity contribution in [3.05, 3.63) is 0 Å². The SMILES string of the molecule is CCOC(=O)COCCN1CCCC(OCC)C1. The van der Waals surface area contributed by atoms with E-state index in [-0.39, 0.29) is 12.6 Å². The lowest BCUT2D eigenvalue weighted by molar-refractivity contribution is -0.148. The van der Waals surface area contributed by atoms with Crippen LogP contribution in [0.5, 0.6) is 0 Å². The normalized spacial score (nSPS) is 20.9. The molecule has 5 heteroatoms. The zero-order valence-corrected chi connectivity index (χ0v) is 11.5. The highest BCUT2D eigenvalue weighted by Crippen LogP contribution is 2.12. The number of likely N-dealkylation sites (tertiary alicyclic amines) is 1. The van der Waals surface area contributed by atoms with Crippen molar-refractivity contribution in [2.75, 3.05) is 46.1 Å². The third kappa shape index (κ3) is 6.33. The minimum absolute atomic E-state index is 0.0522. The molecule has 0 spiro atoms. The molecule has 0 aromatic heterocycles. The van der Waals surface area contributed by atoms with Crippen molar-refractivity contribution in [1.29, 1.82) is 0 Å². The molecule has 0 aromatic rings. The van der Waals surface area contributed by atoms with Gasteiger partial charge in [0.05, 0.1) is 19.3 Å². The van der Waals surface area contributed by atoms with Gasteiger partial charge in [-0.25, -0.2) is 4.79 Å². The first-order valence-corrected chi connectivity index (χ1v) is 6.83. The number of piperidine rings is 1. The molecule has 5 nitrogen and oxygen atoms in total. The van der Waals surface area contributed by atoms with Crippen molar-refractivity contribution < 1.29 is 19.0 Å². The molecular weight excluding hydrogens is 234 g/mol. The summed E-state index contributed by atoms with van der Waals surface area (Å²) in [6.45, 7) is 8.53. The third-order valence-electron chi connectivity index (χ3n) is 2.94. The second kappa shape index (κ2) is 9.30. The van der Waals surface area contributed by atoms with E-state index in [2.05, 4.69) is 4.90 Å². The van der Waals surface area contributed by atoms with E-state index in [9.17, 15) is 4.79 Å². The lowest BCUT2D eigenvalue weighted by Gasteiger charge is -2.32. The summed E-state index contributed by atoms with van der Waals surface area (Å²) in [5, 5.41) is 0. The highest BCUT2D eigenvalue weighted by Gasteiger charge is 2.19. The summed E-state index contributed by atoms with van der Waals surface area (Å²) in [5.41, 5.74) is 0. The zero-order chi connectivity index (χ0) is 13.2. The first-order valence-electron chi connectivity index (χ1n) is 6.83. The molecule has 1 saturated heterocycles. The van der Waals surface area contributed by atoms with Crippen molar-refractivity contribution in [1.82, 2.24) is 4.90 Å². The smallest absolute Gasteiger partial charge is 0.332 e. The van der Waals surface area contributed by atoms with Crippen LogP contribution in [0.4, 0.5) is 0 Å². The van der Waals surface area contributed by atoms with E-state index in [0.717, 1.165) is 32.7 Å². The second-order valence-corrected chi connectivity index (χ2v) is 4.38. The van der Waals surface area contributed by atoms with Crippen molar-refractivity contribution in [3.8, 4) is 0 Å². The average molecular weight is 259 g/mol. The quantitative estimate of drug-likeness (QED) is 0.482. The standard InChI is InChI=1S/C13H25NO4/c1-3-17-12-6-5-7-14(10-12)8-9-16-11-13(15)18-4-2/h12H,3-11H2,1-2H3. The number of rotatable bonds is 8. The summed E-state index contributed by atoms with van der Waals surface area (Å²) in [6.07, 6.45) is 2.67. The van der Waals surface area contributed by atoms with Crippen LogP contribution in [0.3, 0.4) is 0 Å². The Morgan fingerprint density at radius 3 is 2.89 bits per heavy atom. The number of carbonyl (C=O) groups is 1. The lowest BCUT2D eigenvalue weighted by Crippen LogP contribution is -2.41. The topological polar surface area (TPSA) is 48.0 Å². The molecule has 106 valence electrons. The molecule has 0 bridgehead atoms. The Labute approximate surface area is 109 Å². The fourth-order valence-electron chi connectivity index (χ4n) is 2.14. The van der Waals surface area contributed by atoms with Crippen molar-refractivity contribution in [2.45, 2.75) is 32.8 Å². The molecule has 0 aromatic carbocycles. The van der Waals surface area contributed by atoms with Gasteiger partial charge in [0.1, 0.15) is 6.61 Å². The number of nitrogens with zero attached hydrogens (tertiary/aromatic N) is 1. The Hall–Kier alpha value is -0.650. The van der Waals surface area contributed by atoms with Crippen molar-refractivity contribution in [2.24, 2.45) is 0 Å². The molecule has 0 N–H and O–H groups in total. The summed E-state index contributed by atoms with van der Waals surface area (Å²) in [7, 11) is 0. The molecule has 18 heavy (non-hydrogen) atoms. The molecule has 1 atom stereocenters. The summed E-state index contributed by atoms with van der Waals surface area (Å²) >= 11 is 0. The van der Waals surface area contributed by atoms with Gasteiger partial charge in [-0.15, -0.1) is 0 Å². The predicted octanol–water partition coefficient (Wildman–Crippen LogP) is 1.07. The van der Waals surface area contributed by atoms with E-state index in [1.807, 2.05) is 6.92 Å². The molecule has 1 heterocycles. The molecule has 1 aliphatic rings. The fourth-order valence-corrected chi connectivity index (χ4v) is 2.14. The van der Waals surface area contributed by atoms with E-state index < -0.39 is 0 Å². The Bertz CT molecular complexity index is 233. The van der Waals surface area contributed by atoms with Gasteiger partial charge in [0, 0.05) is 19.7 Å². The zero-order valence-electron chi connectivity index (χ0n) is 11.5. The van der Waals surface area contributed by atoms with Crippen LogP contribution in [-0.4, -0.2) is 63.0 Å². The van der Waals surface area contributed by atoms with Crippen LogP contribution in [0.25, 0.3) is 0 Å². The number of hydrogen-bond acceptors (Lipinski definition) is 5. The minimum Gasteiger partial charge on any atom is -0.464 e. The van der Waals surface area contributed by atoms with Gasteiger partial charge in [0.25, 0.3) is 0 Å². The van der Waals surface area contributed by atoms with E-state index in [1.54, 1.807) is 6.92 Å². The van der Waals surface area contributed by atoms with Crippen LogP contribution in [0.15, 0.2) is 0 Å². The van der Waals surface area contributed by atoms with Gasteiger partial charge in [-0.1, -0.05) is 0 Å². The van der Waals surface area contributed by atoms with Crippen LogP contribution in [0.1, 0.15) is 26.7 Å². The molecule has 0 saturated carbocycles. The summed E-state index contributed by atoms with van der Waals surface area (Å²) in [4.78, 5) is 13.4. The maximum Gasteiger partial charge on any atom is 0.332 e. The van der Waals surface area contributed by atoms with Crippen LogP contribution in [-0.2, 0) is 19.0 Å². The first-order chi connectivity index (χ1) is 8.76. The molecule has 1 aliphatic heterocycles. The molecule has 0 amide bonds. The Balaban J connectivity index is 2.06. The van der Waals surface area contributed by atoms with Crippen molar-refractivity contribution in [3.63, 3.8) is 0 Å². The van der Waals surface area contributed by atoms with Crippen LogP contribution < -0.4 is 0 Å². The van der Waals surface area contributed by atoms with Crippen LogP contribution in [0, 0.1) is 0 Å². The highest BCUT2D eigenvalue weighted by molar-refractivity contribution is 5.70. The number of esters is 1. The number of ether oxygens (including phenoxy) is 3. The highest BCUT2D eigenvalue weighted by atomic mass is 16.6. The number of carbonyl (C=O) groups excluding carboxylic acids is 1.